The topological polar surface area (TPSA) is 79.6 Å². The van der Waals surface area contributed by atoms with Crippen LogP contribution >= 0.6 is 0 Å². The van der Waals surface area contributed by atoms with E-state index in [1.54, 1.807) is 24.7 Å². The molecule has 0 radical (unpaired) electrons. The second-order valence-corrected chi connectivity index (χ2v) is 5.47. The molecule has 2 amide bonds. The second-order valence-electron chi connectivity index (χ2n) is 5.47. The van der Waals surface area contributed by atoms with Crippen LogP contribution in [0.25, 0.3) is 5.65 Å². The minimum Gasteiger partial charge on any atom is -0.355 e. The van der Waals surface area contributed by atoms with Crippen LogP contribution in [-0.2, 0) is 4.79 Å². The van der Waals surface area contributed by atoms with E-state index >= 15 is 0 Å². The van der Waals surface area contributed by atoms with Gasteiger partial charge in [-0.15, -0.1) is 0 Å². The Morgan fingerprint density at radius 2 is 2.18 bits per heavy atom. The zero-order valence-electron chi connectivity index (χ0n) is 12.7. The minimum atomic E-state index is -0.216. The number of piperidine rings is 1. The van der Waals surface area contributed by atoms with Crippen molar-refractivity contribution in [1.29, 1.82) is 0 Å². The van der Waals surface area contributed by atoms with Crippen LogP contribution in [0.1, 0.15) is 48.3 Å². The molecule has 0 aliphatic carbocycles. The van der Waals surface area contributed by atoms with Crippen LogP contribution in [-0.4, -0.2) is 44.9 Å². The molecule has 7 heteroatoms. The summed E-state index contributed by atoms with van der Waals surface area (Å²) in [5.41, 5.74) is 1.86. The van der Waals surface area contributed by atoms with Crippen molar-refractivity contribution in [2.24, 2.45) is 0 Å². The van der Waals surface area contributed by atoms with E-state index in [1.807, 2.05) is 11.0 Å². The standard InChI is InChI=1S/C15H19N5O2/c1-10(21)19-8-4-3-5-12(19)13-6-7-17-14-11(15(22)16-2)9-18-20(13)14/h6-7,9,12H,3-5,8H2,1-2H3,(H,16,22)/t12-/m0/s1. The van der Waals surface area contributed by atoms with Crippen LogP contribution < -0.4 is 5.32 Å². The molecule has 7 nitrogen and oxygen atoms in total. The Bertz CT molecular complexity index is 724. The molecule has 1 atom stereocenters. The first-order chi connectivity index (χ1) is 10.6. The van der Waals surface area contributed by atoms with Crippen LogP contribution in [0.2, 0.25) is 0 Å². The van der Waals surface area contributed by atoms with Crippen molar-refractivity contribution >= 4 is 17.5 Å². The van der Waals surface area contributed by atoms with Crippen LogP contribution in [0.5, 0.6) is 0 Å². The van der Waals surface area contributed by atoms with Gasteiger partial charge >= 0.3 is 0 Å². The van der Waals surface area contributed by atoms with Gasteiger partial charge in [0.2, 0.25) is 5.91 Å². The number of rotatable bonds is 2. The normalized spacial score (nSPS) is 18.5. The van der Waals surface area contributed by atoms with Crippen molar-refractivity contribution in [2.75, 3.05) is 13.6 Å². The van der Waals surface area contributed by atoms with Gasteiger partial charge in [0, 0.05) is 26.7 Å². The molecule has 0 unspecified atom stereocenters. The zero-order valence-corrected chi connectivity index (χ0v) is 12.7. The summed E-state index contributed by atoms with van der Waals surface area (Å²) in [7, 11) is 1.58. The first kappa shape index (κ1) is 14.5. The maximum atomic E-state index is 11.9. The third-order valence-corrected chi connectivity index (χ3v) is 4.15. The van der Waals surface area contributed by atoms with Gasteiger partial charge in [-0.1, -0.05) is 0 Å². The number of carbonyl (C=O) groups excluding carboxylic acids is 2. The quantitative estimate of drug-likeness (QED) is 0.903. The number of likely N-dealkylation sites (tertiary alicyclic amines) is 1. The lowest BCUT2D eigenvalue weighted by atomic mass is 9.99. The van der Waals surface area contributed by atoms with E-state index in [0.717, 1.165) is 31.5 Å². The Morgan fingerprint density at radius 3 is 2.91 bits per heavy atom. The molecule has 0 aromatic carbocycles. The van der Waals surface area contributed by atoms with Crippen molar-refractivity contribution in [3.8, 4) is 0 Å². The van der Waals surface area contributed by atoms with Gasteiger partial charge in [-0.05, 0) is 25.3 Å². The summed E-state index contributed by atoms with van der Waals surface area (Å²) in [6.07, 6.45) is 6.18. The molecule has 0 bridgehead atoms. The van der Waals surface area contributed by atoms with Gasteiger partial charge in [-0.3, -0.25) is 9.59 Å². The van der Waals surface area contributed by atoms with Gasteiger partial charge in [0.25, 0.3) is 5.91 Å². The molecule has 2 aromatic rings. The molecule has 0 spiro atoms. The fourth-order valence-electron chi connectivity index (χ4n) is 3.07. The van der Waals surface area contributed by atoms with E-state index in [-0.39, 0.29) is 17.9 Å². The van der Waals surface area contributed by atoms with Crippen LogP contribution in [0, 0.1) is 0 Å². The lowest BCUT2D eigenvalue weighted by Crippen LogP contribution is -2.37. The van der Waals surface area contributed by atoms with Gasteiger partial charge in [0.15, 0.2) is 5.65 Å². The van der Waals surface area contributed by atoms with Crippen molar-refractivity contribution in [3.63, 3.8) is 0 Å². The summed E-state index contributed by atoms with van der Waals surface area (Å²) in [4.78, 5) is 29.9. The molecule has 22 heavy (non-hydrogen) atoms. The summed E-state index contributed by atoms with van der Waals surface area (Å²) in [6, 6.07) is 1.86. The highest BCUT2D eigenvalue weighted by Crippen LogP contribution is 2.31. The van der Waals surface area contributed by atoms with Gasteiger partial charge in [0.1, 0.15) is 5.56 Å². The SMILES string of the molecule is CNC(=O)c1cnn2c([C@@H]3CCCCN3C(C)=O)ccnc12. The summed E-state index contributed by atoms with van der Waals surface area (Å²) in [5, 5.41) is 6.90. The van der Waals surface area contributed by atoms with E-state index in [9.17, 15) is 9.59 Å². The van der Waals surface area contributed by atoms with Crippen molar-refractivity contribution in [1.82, 2.24) is 24.8 Å². The minimum absolute atomic E-state index is 0.0193. The molecule has 3 rings (SSSR count). The molecule has 1 aliphatic heterocycles. The number of nitrogens with zero attached hydrogens (tertiary/aromatic N) is 4. The third-order valence-electron chi connectivity index (χ3n) is 4.15. The second kappa shape index (κ2) is 5.75. The molecule has 1 saturated heterocycles. The fraction of sp³-hybridized carbons (Fsp3) is 0.467. The van der Waals surface area contributed by atoms with Crippen molar-refractivity contribution in [3.05, 3.63) is 29.7 Å². The smallest absolute Gasteiger partial charge is 0.256 e. The number of aromatic nitrogens is 3. The highest BCUT2D eigenvalue weighted by molar-refractivity contribution is 5.99. The summed E-state index contributed by atoms with van der Waals surface area (Å²) >= 11 is 0. The number of hydrogen-bond donors (Lipinski definition) is 1. The van der Waals surface area contributed by atoms with Crippen LogP contribution in [0.3, 0.4) is 0 Å². The Morgan fingerprint density at radius 1 is 1.36 bits per heavy atom. The zero-order chi connectivity index (χ0) is 15.7. The first-order valence-electron chi connectivity index (χ1n) is 7.45. The largest absolute Gasteiger partial charge is 0.355 e. The molecule has 1 aliphatic rings. The molecule has 1 N–H and O–H groups in total. The Balaban J connectivity index is 2.09. The maximum absolute atomic E-state index is 11.9. The van der Waals surface area contributed by atoms with E-state index in [1.165, 1.54) is 6.20 Å². The lowest BCUT2D eigenvalue weighted by molar-refractivity contribution is -0.132. The van der Waals surface area contributed by atoms with Gasteiger partial charge in [-0.25, -0.2) is 9.50 Å². The van der Waals surface area contributed by atoms with Crippen LogP contribution in [0.4, 0.5) is 0 Å². The molecule has 2 aromatic heterocycles. The number of nitrogens with one attached hydrogen (secondary N) is 1. The summed E-state index contributed by atoms with van der Waals surface area (Å²) < 4.78 is 1.68. The molecule has 0 saturated carbocycles. The molecular formula is C15H19N5O2. The third kappa shape index (κ3) is 2.32. The monoisotopic (exact) mass is 301 g/mol. The molecule has 116 valence electrons. The Hall–Kier alpha value is -2.44. The average molecular weight is 301 g/mol. The van der Waals surface area contributed by atoms with Crippen molar-refractivity contribution in [2.45, 2.75) is 32.2 Å². The number of hydrogen-bond acceptors (Lipinski definition) is 4. The molecular weight excluding hydrogens is 282 g/mol. The van der Waals surface area contributed by atoms with Crippen molar-refractivity contribution < 1.29 is 9.59 Å². The van der Waals surface area contributed by atoms with E-state index in [4.69, 9.17) is 0 Å². The predicted molar refractivity (Wildman–Crippen MR) is 80.4 cm³/mol. The number of fused-ring (bicyclic) bond motifs is 1. The Labute approximate surface area is 128 Å². The van der Waals surface area contributed by atoms with Gasteiger partial charge in [-0.2, -0.15) is 5.10 Å². The summed E-state index contributed by atoms with van der Waals surface area (Å²) in [5.74, 6) is -0.153. The van der Waals surface area contributed by atoms with Gasteiger partial charge in [0.05, 0.1) is 17.9 Å². The maximum Gasteiger partial charge on any atom is 0.256 e. The highest BCUT2D eigenvalue weighted by atomic mass is 16.2. The lowest BCUT2D eigenvalue weighted by Gasteiger charge is -2.35. The predicted octanol–water partition coefficient (Wildman–Crippen LogP) is 1.16. The van der Waals surface area contributed by atoms with E-state index in [2.05, 4.69) is 15.4 Å². The number of amides is 2. The Kier molecular flexibility index (Phi) is 3.79. The average Bonchev–Trinajstić information content (AvgIpc) is 2.98. The fourth-order valence-corrected chi connectivity index (χ4v) is 3.07. The van der Waals surface area contributed by atoms with E-state index in [0.29, 0.717) is 11.2 Å². The molecule has 3 heterocycles. The molecule has 1 fully saturated rings. The van der Waals surface area contributed by atoms with Gasteiger partial charge < -0.3 is 10.2 Å². The first-order valence-corrected chi connectivity index (χ1v) is 7.45. The highest BCUT2D eigenvalue weighted by Gasteiger charge is 2.28. The van der Waals surface area contributed by atoms with Crippen LogP contribution in [0.15, 0.2) is 18.5 Å². The summed E-state index contributed by atoms with van der Waals surface area (Å²) in [6.45, 7) is 2.35. The van der Waals surface area contributed by atoms with E-state index < -0.39 is 0 Å². The number of carbonyl (C=O) groups is 2.